The largest absolute Gasteiger partial charge is 0.373 e. The van der Waals surface area contributed by atoms with E-state index < -0.39 is 0 Å². The predicted octanol–water partition coefficient (Wildman–Crippen LogP) is 2.25. The molecule has 0 spiro atoms. The Balaban J connectivity index is 1.84. The molecule has 16 heavy (non-hydrogen) atoms. The first-order chi connectivity index (χ1) is 7.78. The number of nitrogens with one attached hydrogen (secondary N) is 2. The van der Waals surface area contributed by atoms with Crippen molar-refractivity contribution in [3.05, 3.63) is 18.3 Å². The molecule has 0 saturated heterocycles. The molecule has 2 N–H and O–H groups in total. The first kappa shape index (κ1) is 10.9. The number of anilines is 2. The van der Waals surface area contributed by atoms with Crippen molar-refractivity contribution in [1.82, 2.24) is 4.98 Å². The van der Waals surface area contributed by atoms with Gasteiger partial charge in [0.25, 0.3) is 0 Å². The molecule has 1 aromatic rings. The van der Waals surface area contributed by atoms with E-state index in [0.29, 0.717) is 12.3 Å². The number of hydrogen-bond donors (Lipinski definition) is 2. The highest BCUT2D eigenvalue weighted by molar-refractivity contribution is 5.90. The van der Waals surface area contributed by atoms with Crippen LogP contribution in [-0.2, 0) is 4.79 Å². The lowest BCUT2D eigenvalue weighted by Gasteiger charge is -2.24. The van der Waals surface area contributed by atoms with E-state index in [-0.39, 0.29) is 5.91 Å². The summed E-state index contributed by atoms with van der Waals surface area (Å²) in [4.78, 5) is 15.8. The number of carbonyl (C=O) groups is 1. The summed E-state index contributed by atoms with van der Waals surface area (Å²) in [7, 11) is 1.82. The summed E-state index contributed by atoms with van der Waals surface area (Å²) in [5, 5.41) is 5.80. The molecule has 0 unspecified atom stereocenters. The Kier molecular flexibility index (Phi) is 3.39. The fourth-order valence-corrected chi connectivity index (χ4v) is 1.79. The van der Waals surface area contributed by atoms with Gasteiger partial charge in [-0.25, -0.2) is 4.98 Å². The summed E-state index contributed by atoms with van der Waals surface area (Å²) in [6.07, 6.45) is 5.99. The van der Waals surface area contributed by atoms with Crippen LogP contribution in [0.15, 0.2) is 18.3 Å². The Hall–Kier alpha value is -1.58. The van der Waals surface area contributed by atoms with Gasteiger partial charge in [-0.1, -0.05) is 6.42 Å². The van der Waals surface area contributed by atoms with Crippen LogP contribution in [-0.4, -0.2) is 17.9 Å². The van der Waals surface area contributed by atoms with Crippen molar-refractivity contribution in [2.45, 2.75) is 25.7 Å². The van der Waals surface area contributed by atoms with E-state index in [9.17, 15) is 4.79 Å². The Morgan fingerprint density at radius 2 is 2.31 bits per heavy atom. The molecule has 1 amide bonds. The second-order valence-electron chi connectivity index (χ2n) is 4.23. The Morgan fingerprint density at radius 3 is 2.81 bits per heavy atom. The van der Waals surface area contributed by atoms with Crippen LogP contribution in [0, 0.1) is 5.92 Å². The summed E-state index contributed by atoms with van der Waals surface area (Å²) in [6.45, 7) is 0. The fourth-order valence-electron chi connectivity index (χ4n) is 1.79. The van der Waals surface area contributed by atoms with Crippen molar-refractivity contribution in [2.24, 2.45) is 5.92 Å². The molecule has 4 heteroatoms. The summed E-state index contributed by atoms with van der Waals surface area (Å²) >= 11 is 0. The lowest BCUT2D eigenvalue weighted by molar-refractivity contribution is -0.117. The summed E-state index contributed by atoms with van der Waals surface area (Å²) in [5.41, 5.74) is 0.767. The lowest BCUT2D eigenvalue weighted by Crippen LogP contribution is -2.20. The molecule has 4 nitrogen and oxygen atoms in total. The Bertz CT molecular complexity index is 357. The molecule has 1 aliphatic carbocycles. The molecule has 0 bridgehead atoms. The number of rotatable bonds is 4. The van der Waals surface area contributed by atoms with Gasteiger partial charge in [0.1, 0.15) is 5.82 Å². The van der Waals surface area contributed by atoms with Crippen LogP contribution in [0.1, 0.15) is 25.7 Å². The lowest BCUT2D eigenvalue weighted by atomic mass is 9.83. The third-order valence-corrected chi connectivity index (χ3v) is 3.00. The fraction of sp³-hybridized carbons (Fsp3) is 0.500. The van der Waals surface area contributed by atoms with Gasteiger partial charge in [0, 0.05) is 13.5 Å². The molecule has 1 aliphatic rings. The molecule has 86 valence electrons. The van der Waals surface area contributed by atoms with Crippen LogP contribution in [0.3, 0.4) is 0 Å². The minimum Gasteiger partial charge on any atom is -0.373 e. The second-order valence-corrected chi connectivity index (χ2v) is 4.23. The van der Waals surface area contributed by atoms with Gasteiger partial charge < -0.3 is 10.6 Å². The molecule has 0 aliphatic heterocycles. The molecular weight excluding hydrogens is 202 g/mol. The minimum atomic E-state index is 0.101. The van der Waals surface area contributed by atoms with Crippen molar-refractivity contribution in [3.63, 3.8) is 0 Å². The number of aromatic nitrogens is 1. The standard InChI is InChI=1S/C12H17N3O/c1-13-11-6-5-10(8-14-11)15-12(16)7-9-3-2-4-9/h5-6,8-9H,2-4,7H2,1H3,(H,13,14)(H,15,16). The van der Waals surface area contributed by atoms with E-state index in [4.69, 9.17) is 0 Å². The summed E-state index contributed by atoms with van der Waals surface area (Å²) < 4.78 is 0. The average Bonchev–Trinajstić information content (AvgIpc) is 2.25. The number of pyridine rings is 1. The predicted molar refractivity (Wildman–Crippen MR) is 64.4 cm³/mol. The zero-order valence-corrected chi connectivity index (χ0v) is 9.49. The van der Waals surface area contributed by atoms with E-state index in [2.05, 4.69) is 15.6 Å². The first-order valence-corrected chi connectivity index (χ1v) is 5.71. The Morgan fingerprint density at radius 1 is 1.50 bits per heavy atom. The van der Waals surface area contributed by atoms with Gasteiger partial charge in [0.2, 0.25) is 5.91 Å². The number of carbonyl (C=O) groups excluding carboxylic acids is 1. The summed E-state index contributed by atoms with van der Waals surface area (Å²) in [6, 6.07) is 3.70. The van der Waals surface area contributed by atoms with Gasteiger partial charge >= 0.3 is 0 Å². The van der Waals surface area contributed by atoms with Gasteiger partial charge in [0.05, 0.1) is 11.9 Å². The normalized spacial score (nSPS) is 15.3. The van der Waals surface area contributed by atoms with E-state index in [1.165, 1.54) is 19.3 Å². The van der Waals surface area contributed by atoms with E-state index in [1.807, 2.05) is 19.2 Å². The van der Waals surface area contributed by atoms with Crippen molar-refractivity contribution < 1.29 is 4.79 Å². The van der Waals surface area contributed by atoms with E-state index in [0.717, 1.165) is 11.5 Å². The van der Waals surface area contributed by atoms with Crippen LogP contribution in [0.2, 0.25) is 0 Å². The average molecular weight is 219 g/mol. The zero-order chi connectivity index (χ0) is 11.4. The minimum absolute atomic E-state index is 0.101. The first-order valence-electron chi connectivity index (χ1n) is 5.71. The van der Waals surface area contributed by atoms with Crippen LogP contribution in [0.25, 0.3) is 0 Å². The molecule has 1 saturated carbocycles. The zero-order valence-electron chi connectivity index (χ0n) is 9.49. The van der Waals surface area contributed by atoms with Crippen LogP contribution in [0.4, 0.5) is 11.5 Å². The molecule has 2 rings (SSSR count). The van der Waals surface area contributed by atoms with Crippen LogP contribution in [0.5, 0.6) is 0 Å². The van der Waals surface area contributed by atoms with Gasteiger partial charge in [-0.05, 0) is 30.9 Å². The maximum atomic E-state index is 11.6. The van der Waals surface area contributed by atoms with Crippen molar-refractivity contribution in [3.8, 4) is 0 Å². The third kappa shape index (κ3) is 2.72. The van der Waals surface area contributed by atoms with Gasteiger partial charge in [-0.2, -0.15) is 0 Å². The van der Waals surface area contributed by atoms with Crippen molar-refractivity contribution >= 4 is 17.4 Å². The number of hydrogen-bond acceptors (Lipinski definition) is 3. The molecular formula is C12H17N3O. The number of nitrogens with zero attached hydrogens (tertiary/aromatic N) is 1. The number of amides is 1. The van der Waals surface area contributed by atoms with E-state index >= 15 is 0 Å². The van der Waals surface area contributed by atoms with Crippen molar-refractivity contribution in [1.29, 1.82) is 0 Å². The summed E-state index contributed by atoms with van der Waals surface area (Å²) in [5.74, 6) is 1.50. The monoisotopic (exact) mass is 219 g/mol. The SMILES string of the molecule is CNc1ccc(NC(=O)CC2CCC2)cn1. The highest BCUT2D eigenvalue weighted by atomic mass is 16.1. The topological polar surface area (TPSA) is 54.0 Å². The third-order valence-electron chi connectivity index (χ3n) is 3.00. The molecule has 0 atom stereocenters. The quantitative estimate of drug-likeness (QED) is 0.816. The molecule has 1 aromatic heterocycles. The Labute approximate surface area is 95.5 Å². The molecule has 1 fully saturated rings. The maximum Gasteiger partial charge on any atom is 0.224 e. The van der Waals surface area contributed by atoms with Crippen molar-refractivity contribution in [2.75, 3.05) is 17.7 Å². The van der Waals surface area contributed by atoms with Gasteiger partial charge in [-0.15, -0.1) is 0 Å². The highest BCUT2D eigenvalue weighted by Gasteiger charge is 2.20. The molecule has 0 radical (unpaired) electrons. The smallest absolute Gasteiger partial charge is 0.224 e. The highest BCUT2D eigenvalue weighted by Crippen LogP contribution is 2.29. The van der Waals surface area contributed by atoms with Gasteiger partial charge in [0.15, 0.2) is 0 Å². The second kappa shape index (κ2) is 4.96. The van der Waals surface area contributed by atoms with Crippen LogP contribution >= 0.6 is 0 Å². The van der Waals surface area contributed by atoms with Gasteiger partial charge in [-0.3, -0.25) is 4.79 Å². The maximum absolute atomic E-state index is 11.6. The molecule has 0 aromatic carbocycles. The van der Waals surface area contributed by atoms with E-state index in [1.54, 1.807) is 6.20 Å². The van der Waals surface area contributed by atoms with Crippen LogP contribution < -0.4 is 10.6 Å². The molecule has 1 heterocycles.